The molecule has 0 radical (unpaired) electrons. The molecule has 88 valence electrons. The number of carbonyl (C=O) groups excluding carboxylic acids is 1. The molecule has 0 spiro atoms. The zero-order valence-electron chi connectivity index (χ0n) is 10.1. The van der Waals surface area contributed by atoms with Crippen LogP contribution in [0.1, 0.15) is 30.4 Å². The number of hydrogen-bond donors (Lipinski definition) is 1. The van der Waals surface area contributed by atoms with Crippen LogP contribution in [0.25, 0.3) is 0 Å². The summed E-state index contributed by atoms with van der Waals surface area (Å²) in [4.78, 5) is 11.2. The van der Waals surface area contributed by atoms with Gasteiger partial charge in [0.15, 0.2) is 0 Å². The molecule has 0 saturated carbocycles. The van der Waals surface area contributed by atoms with E-state index in [0.29, 0.717) is 6.42 Å². The van der Waals surface area contributed by atoms with E-state index in [1.54, 1.807) is 7.05 Å². The Balaban J connectivity index is 2.23. The Morgan fingerprint density at radius 1 is 1.38 bits per heavy atom. The second kappa shape index (κ2) is 6.28. The molecule has 0 saturated heterocycles. The van der Waals surface area contributed by atoms with Crippen molar-refractivity contribution in [3.63, 3.8) is 0 Å². The van der Waals surface area contributed by atoms with Crippen molar-refractivity contribution in [2.24, 2.45) is 5.84 Å². The SMILES string of the molecule is Cc1cccc(CCCCC(=O)N(C)N)c1. The molecule has 2 N–H and O–H groups in total. The third-order valence-corrected chi connectivity index (χ3v) is 2.58. The van der Waals surface area contributed by atoms with E-state index >= 15 is 0 Å². The van der Waals surface area contributed by atoms with Crippen LogP contribution < -0.4 is 5.84 Å². The number of hydrazine groups is 1. The van der Waals surface area contributed by atoms with Crippen LogP contribution in [-0.2, 0) is 11.2 Å². The summed E-state index contributed by atoms with van der Waals surface area (Å²) in [5.74, 6) is 5.34. The standard InChI is InChI=1S/C13H20N2O/c1-11-6-5-8-12(10-11)7-3-4-9-13(16)15(2)14/h5-6,8,10H,3-4,7,9,14H2,1-2H3. The zero-order valence-corrected chi connectivity index (χ0v) is 10.1. The van der Waals surface area contributed by atoms with Gasteiger partial charge in [-0.2, -0.15) is 0 Å². The van der Waals surface area contributed by atoms with Crippen molar-refractivity contribution in [3.05, 3.63) is 35.4 Å². The highest BCUT2D eigenvalue weighted by Crippen LogP contribution is 2.09. The summed E-state index contributed by atoms with van der Waals surface area (Å²) in [6, 6.07) is 8.49. The lowest BCUT2D eigenvalue weighted by molar-refractivity contribution is -0.130. The summed E-state index contributed by atoms with van der Waals surface area (Å²) in [5.41, 5.74) is 2.63. The molecule has 0 aromatic heterocycles. The van der Waals surface area contributed by atoms with Gasteiger partial charge in [0.2, 0.25) is 5.91 Å². The van der Waals surface area contributed by atoms with Crippen LogP contribution in [0.15, 0.2) is 24.3 Å². The monoisotopic (exact) mass is 220 g/mol. The minimum atomic E-state index is 0.00393. The van der Waals surface area contributed by atoms with Crippen LogP contribution in [0.2, 0.25) is 0 Å². The van der Waals surface area contributed by atoms with Crippen molar-refractivity contribution in [2.75, 3.05) is 7.05 Å². The van der Waals surface area contributed by atoms with Gasteiger partial charge in [-0.05, 0) is 31.7 Å². The first kappa shape index (κ1) is 12.7. The number of unbranched alkanes of at least 4 members (excludes halogenated alkanes) is 1. The molecule has 0 aliphatic heterocycles. The minimum Gasteiger partial charge on any atom is -0.284 e. The van der Waals surface area contributed by atoms with Crippen molar-refractivity contribution in [1.82, 2.24) is 5.01 Å². The van der Waals surface area contributed by atoms with E-state index in [4.69, 9.17) is 5.84 Å². The third-order valence-electron chi connectivity index (χ3n) is 2.58. The van der Waals surface area contributed by atoms with Crippen LogP contribution in [-0.4, -0.2) is 18.0 Å². The maximum absolute atomic E-state index is 11.2. The molecule has 0 atom stereocenters. The number of nitrogens with zero attached hydrogens (tertiary/aromatic N) is 1. The van der Waals surface area contributed by atoms with Crippen LogP contribution >= 0.6 is 0 Å². The Labute approximate surface area is 97.2 Å². The molecule has 0 fully saturated rings. The van der Waals surface area contributed by atoms with Gasteiger partial charge in [0.25, 0.3) is 0 Å². The van der Waals surface area contributed by atoms with Gasteiger partial charge >= 0.3 is 0 Å². The fraction of sp³-hybridized carbons (Fsp3) is 0.462. The fourth-order valence-corrected chi connectivity index (χ4v) is 1.65. The van der Waals surface area contributed by atoms with Gasteiger partial charge in [-0.3, -0.25) is 9.80 Å². The molecule has 1 aromatic rings. The Hall–Kier alpha value is -1.35. The molecule has 0 heterocycles. The highest BCUT2D eigenvalue weighted by molar-refractivity contribution is 5.75. The number of carbonyl (C=O) groups is 1. The molecule has 1 aromatic carbocycles. The second-order valence-corrected chi connectivity index (χ2v) is 4.20. The van der Waals surface area contributed by atoms with Crippen LogP contribution in [0.4, 0.5) is 0 Å². The van der Waals surface area contributed by atoms with Gasteiger partial charge in [0, 0.05) is 13.5 Å². The summed E-state index contributed by atoms with van der Waals surface area (Å²) < 4.78 is 0. The molecule has 3 nitrogen and oxygen atoms in total. The molecule has 16 heavy (non-hydrogen) atoms. The van der Waals surface area contributed by atoms with Gasteiger partial charge in [0.05, 0.1) is 0 Å². The second-order valence-electron chi connectivity index (χ2n) is 4.20. The number of hydrogen-bond acceptors (Lipinski definition) is 2. The van der Waals surface area contributed by atoms with Gasteiger partial charge in [-0.1, -0.05) is 29.8 Å². The first-order valence-corrected chi connectivity index (χ1v) is 5.66. The molecule has 0 aliphatic carbocycles. The van der Waals surface area contributed by atoms with Crippen LogP contribution in [0, 0.1) is 6.92 Å². The normalized spacial score (nSPS) is 10.2. The van der Waals surface area contributed by atoms with E-state index in [0.717, 1.165) is 24.3 Å². The summed E-state index contributed by atoms with van der Waals surface area (Å²) in [6.07, 6.45) is 3.50. The van der Waals surface area contributed by atoms with E-state index in [-0.39, 0.29) is 5.91 Å². The Morgan fingerprint density at radius 3 is 2.75 bits per heavy atom. The molecular weight excluding hydrogens is 200 g/mol. The van der Waals surface area contributed by atoms with E-state index in [1.165, 1.54) is 11.1 Å². The van der Waals surface area contributed by atoms with Crippen LogP contribution in [0.5, 0.6) is 0 Å². The molecular formula is C13H20N2O. The molecule has 0 aliphatic rings. The number of aryl methyl sites for hydroxylation is 2. The lowest BCUT2D eigenvalue weighted by atomic mass is 10.0. The maximum Gasteiger partial charge on any atom is 0.236 e. The minimum absolute atomic E-state index is 0.00393. The largest absolute Gasteiger partial charge is 0.284 e. The Morgan fingerprint density at radius 2 is 2.12 bits per heavy atom. The Bertz CT molecular complexity index is 348. The zero-order chi connectivity index (χ0) is 12.0. The van der Waals surface area contributed by atoms with E-state index in [2.05, 4.69) is 31.2 Å². The smallest absolute Gasteiger partial charge is 0.236 e. The van der Waals surface area contributed by atoms with Crippen LogP contribution in [0.3, 0.4) is 0 Å². The van der Waals surface area contributed by atoms with Crippen molar-refractivity contribution in [3.8, 4) is 0 Å². The van der Waals surface area contributed by atoms with E-state index in [9.17, 15) is 4.79 Å². The molecule has 1 amide bonds. The molecule has 3 heteroatoms. The number of benzene rings is 1. The number of nitrogens with two attached hydrogens (primary N) is 1. The lowest BCUT2D eigenvalue weighted by Gasteiger charge is -2.09. The average molecular weight is 220 g/mol. The van der Waals surface area contributed by atoms with Crippen molar-refractivity contribution < 1.29 is 4.79 Å². The highest BCUT2D eigenvalue weighted by Gasteiger charge is 2.03. The third kappa shape index (κ3) is 4.45. The summed E-state index contributed by atoms with van der Waals surface area (Å²) in [6.45, 7) is 2.09. The highest BCUT2D eigenvalue weighted by atomic mass is 16.2. The summed E-state index contributed by atoms with van der Waals surface area (Å²) in [5, 5.41) is 1.16. The Kier molecular flexibility index (Phi) is 4.99. The van der Waals surface area contributed by atoms with Gasteiger partial charge in [-0.25, -0.2) is 5.84 Å². The summed E-state index contributed by atoms with van der Waals surface area (Å²) >= 11 is 0. The predicted octanol–water partition coefficient (Wildman–Crippen LogP) is 2.04. The van der Waals surface area contributed by atoms with E-state index < -0.39 is 0 Å². The average Bonchev–Trinajstić information content (AvgIpc) is 2.24. The summed E-state index contributed by atoms with van der Waals surface area (Å²) in [7, 11) is 1.59. The molecule has 0 bridgehead atoms. The van der Waals surface area contributed by atoms with Crippen molar-refractivity contribution in [1.29, 1.82) is 0 Å². The topological polar surface area (TPSA) is 46.3 Å². The molecule has 1 rings (SSSR count). The number of amides is 1. The fourth-order valence-electron chi connectivity index (χ4n) is 1.65. The maximum atomic E-state index is 11.2. The first-order chi connectivity index (χ1) is 7.59. The van der Waals surface area contributed by atoms with Gasteiger partial charge < -0.3 is 0 Å². The number of rotatable bonds is 5. The predicted molar refractivity (Wildman–Crippen MR) is 65.7 cm³/mol. The van der Waals surface area contributed by atoms with E-state index in [1.807, 2.05) is 0 Å². The van der Waals surface area contributed by atoms with Crippen molar-refractivity contribution >= 4 is 5.91 Å². The van der Waals surface area contributed by atoms with Gasteiger partial charge in [-0.15, -0.1) is 0 Å². The first-order valence-electron chi connectivity index (χ1n) is 5.66. The lowest BCUT2D eigenvalue weighted by Crippen LogP contribution is -2.32. The van der Waals surface area contributed by atoms with Crippen molar-refractivity contribution in [2.45, 2.75) is 32.6 Å². The molecule has 0 unspecified atom stereocenters. The van der Waals surface area contributed by atoms with Gasteiger partial charge in [0.1, 0.15) is 0 Å². The quantitative estimate of drug-likeness (QED) is 0.357.